The Morgan fingerprint density at radius 1 is 1.35 bits per heavy atom. The lowest BCUT2D eigenvalue weighted by Gasteiger charge is -2.34. The van der Waals surface area contributed by atoms with Crippen molar-refractivity contribution in [2.45, 2.75) is 36.8 Å². The molecule has 0 saturated carbocycles. The minimum atomic E-state index is -0.959. The molecule has 148 valence electrons. The molecule has 4 heterocycles. The number of nitrogens with zero attached hydrogens (tertiary/aromatic N) is 2. The maximum atomic E-state index is 13.6. The number of nitrogens with one attached hydrogen (secondary N) is 5. The van der Waals surface area contributed by atoms with Crippen LogP contribution < -0.4 is 31.9 Å². The average molecular weight is 389 g/mol. The number of rotatable bonds is 3. The third-order valence-corrected chi connectivity index (χ3v) is 7.09. The van der Waals surface area contributed by atoms with Crippen LogP contribution in [0.1, 0.15) is 6.92 Å². The van der Waals surface area contributed by atoms with Crippen LogP contribution in [0.2, 0.25) is 0 Å². The van der Waals surface area contributed by atoms with E-state index >= 15 is 0 Å². The first-order valence-electron chi connectivity index (χ1n) is 9.26. The van der Waals surface area contributed by atoms with E-state index < -0.39 is 18.3 Å². The van der Waals surface area contributed by atoms with E-state index in [1.54, 1.807) is 17.0 Å². The first-order valence-corrected chi connectivity index (χ1v) is 10.1. The molecule has 0 aromatic carbocycles. The number of hydrogen-bond donors (Lipinski definition) is 6. The van der Waals surface area contributed by atoms with E-state index in [-0.39, 0.29) is 30.5 Å². The van der Waals surface area contributed by atoms with Crippen LogP contribution in [0.25, 0.3) is 0 Å². The Kier molecular flexibility index (Phi) is 5.41. The fourth-order valence-electron chi connectivity index (χ4n) is 4.61. The minimum absolute atomic E-state index is 0.00503. The Labute approximate surface area is 157 Å². The molecule has 8 atom stereocenters. The third kappa shape index (κ3) is 3.47. The lowest BCUT2D eigenvalue weighted by atomic mass is 9.87. The van der Waals surface area contributed by atoms with Gasteiger partial charge >= 0.3 is 0 Å². The average Bonchev–Trinajstić information content (AvgIpc) is 3.24. The molecule has 11 heteroatoms. The molecule has 4 aliphatic heterocycles. The van der Waals surface area contributed by atoms with Gasteiger partial charge in [0.15, 0.2) is 0 Å². The Hall–Kier alpha value is -0.530. The summed E-state index contributed by atoms with van der Waals surface area (Å²) in [6.07, 6.45) is -1.75. The van der Waals surface area contributed by atoms with Gasteiger partial charge in [-0.15, -0.1) is 0 Å². The standard InChI is InChI=1S/C15H29FN8OS/c1-7-10(8-3-19-23(2)5-8)15(26-22-7)20-14(25)11-12(17)21-24-6-9(16)4-18-13(11)24/h7-13,15,18-19,21-22H,3-6,17H2,1-2H3,(H,20,25). The van der Waals surface area contributed by atoms with Crippen LogP contribution >= 0.6 is 11.9 Å². The Bertz CT molecular complexity index is 544. The normalized spacial score (nSPS) is 47.2. The molecule has 0 bridgehead atoms. The number of fused-ring (bicyclic) bond motifs is 1. The highest BCUT2D eigenvalue weighted by Crippen LogP contribution is 2.35. The number of carbonyl (C=O) groups excluding carboxylic acids is 1. The van der Waals surface area contributed by atoms with E-state index in [9.17, 15) is 9.18 Å². The smallest absolute Gasteiger partial charge is 0.230 e. The Balaban J connectivity index is 1.42. The van der Waals surface area contributed by atoms with Crippen molar-refractivity contribution in [3.8, 4) is 0 Å². The second-order valence-electron chi connectivity index (χ2n) is 7.82. The van der Waals surface area contributed by atoms with E-state index in [1.165, 1.54) is 0 Å². The molecule has 0 aliphatic carbocycles. The summed E-state index contributed by atoms with van der Waals surface area (Å²) in [5.74, 6) is 0.261. The maximum Gasteiger partial charge on any atom is 0.230 e. The molecule has 4 rings (SSSR count). The van der Waals surface area contributed by atoms with E-state index in [0.717, 1.165) is 13.1 Å². The molecular weight excluding hydrogens is 359 g/mol. The zero-order chi connectivity index (χ0) is 18.4. The molecule has 4 fully saturated rings. The van der Waals surface area contributed by atoms with Crippen LogP contribution in [0.3, 0.4) is 0 Å². The number of hydrogen-bond acceptors (Lipinski definition) is 9. The second-order valence-corrected chi connectivity index (χ2v) is 8.80. The van der Waals surface area contributed by atoms with Gasteiger partial charge in [-0.2, -0.15) is 0 Å². The number of alkyl halides is 1. The van der Waals surface area contributed by atoms with Gasteiger partial charge in [0.25, 0.3) is 0 Å². The SMILES string of the molecule is CC1NSC(NC(=O)C2C(N)NN3CC(F)CNC23)C1C1CNN(C)C1. The van der Waals surface area contributed by atoms with Gasteiger partial charge in [-0.25, -0.2) is 19.8 Å². The Morgan fingerprint density at radius 3 is 2.88 bits per heavy atom. The van der Waals surface area contributed by atoms with Gasteiger partial charge in [0.2, 0.25) is 5.91 Å². The molecule has 7 N–H and O–H groups in total. The number of hydrazine groups is 2. The topological polar surface area (TPSA) is 110 Å². The van der Waals surface area contributed by atoms with Gasteiger partial charge in [0, 0.05) is 45.2 Å². The van der Waals surface area contributed by atoms with Gasteiger partial charge in [-0.1, -0.05) is 11.9 Å². The molecule has 8 unspecified atom stereocenters. The summed E-state index contributed by atoms with van der Waals surface area (Å²) in [5, 5.41) is 10.1. The van der Waals surface area contributed by atoms with E-state index in [0.29, 0.717) is 17.9 Å². The maximum absolute atomic E-state index is 13.6. The zero-order valence-electron chi connectivity index (χ0n) is 15.1. The first-order chi connectivity index (χ1) is 12.4. The molecule has 0 radical (unpaired) electrons. The summed E-state index contributed by atoms with van der Waals surface area (Å²) in [6, 6.07) is 0.315. The summed E-state index contributed by atoms with van der Waals surface area (Å²) in [4.78, 5) is 13.0. The monoisotopic (exact) mass is 388 g/mol. The number of amides is 1. The zero-order valence-corrected chi connectivity index (χ0v) is 15.9. The molecule has 0 aromatic heterocycles. The number of nitrogens with two attached hydrogens (primary N) is 1. The van der Waals surface area contributed by atoms with Crippen LogP contribution in [0.4, 0.5) is 4.39 Å². The van der Waals surface area contributed by atoms with Crippen LogP contribution in [0.5, 0.6) is 0 Å². The van der Waals surface area contributed by atoms with Crippen molar-refractivity contribution in [1.29, 1.82) is 0 Å². The van der Waals surface area contributed by atoms with Crippen molar-refractivity contribution in [3.05, 3.63) is 0 Å². The number of carbonyl (C=O) groups is 1. The van der Waals surface area contributed by atoms with Crippen molar-refractivity contribution in [1.82, 2.24) is 36.2 Å². The van der Waals surface area contributed by atoms with E-state index in [4.69, 9.17) is 5.73 Å². The van der Waals surface area contributed by atoms with Gasteiger partial charge in [-0.05, 0) is 12.8 Å². The minimum Gasteiger partial charge on any atom is -0.342 e. The fraction of sp³-hybridized carbons (Fsp3) is 0.933. The predicted octanol–water partition coefficient (Wildman–Crippen LogP) is -2.26. The van der Waals surface area contributed by atoms with Crippen LogP contribution in [-0.2, 0) is 4.79 Å². The van der Waals surface area contributed by atoms with E-state index in [1.807, 2.05) is 7.05 Å². The summed E-state index contributed by atoms with van der Waals surface area (Å²) < 4.78 is 17.0. The molecule has 0 aromatic rings. The molecule has 4 aliphatic rings. The predicted molar refractivity (Wildman–Crippen MR) is 97.7 cm³/mol. The fourth-order valence-corrected chi connectivity index (χ4v) is 5.92. The van der Waals surface area contributed by atoms with Crippen molar-refractivity contribution < 1.29 is 9.18 Å². The van der Waals surface area contributed by atoms with Crippen LogP contribution in [0.15, 0.2) is 0 Å². The quantitative estimate of drug-likeness (QED) is 0.299. The summed E-state index contributed by atoms with van der Waals surface area (Å²) in [7, 11) is 2.04. The molecule has 4 saturated heterocycles. The van der Waals surface area contributed by atoms with Gasteiger partial charge in [0.05, 0.1) is 23.6 Å². The largest absolute Gasteiger partial charge is 0.342 e. The van der Waals surface area contributed by atoms with E-state index in [2.05, 4.69) is 38.1 Å². The lowest BCUT2D eigenvalue weighted by molar-refractivity contribution is -0.127. The van der Waals surface area contributed by atoms with Gasteiger partial charge in [0.1, 0.15) is 6.17 Å². The molecule has 1 amide bonds. The molecule has 0 spiro atoms. The van der Waals surface area contributed by atoms with Crippen molar-refractivity contribution in [3.63, 3.8) is 0 Å². The highest BCUT2D eigenvalue weighted by molar-refractivity contribution is 7.98. The third-order valence-electron chi connectivity index (χ3n) is 5.89. The summed E-state index contributed by atoms with van der Waals surface area (Å²) in [5.41, 5.74) is 12.5. The summed E-state index contributed by atoms with van der Waals surface area (Å²) in [6.45, 7) is 4.54. The highest BCUT2D eigenvalue weighted by Gasteiger charge is 2.49. The van der Waals surface area contributed by atoms with Crippen molar-refractivity contribution >= 4 is 17.9 Å². The Morgan fingerprint density at radius 2 is 2.15 bits per heavy atom. The lowest BCUT2D eigenvalue weighted by Crippen LogP contribution is -2.59. The highest BCUT2D eigenvalue weighted by atomic mass is 32.2. The summed E-state index contributed by atoms with van der Waals surface area (Å²) >= 11 is 1.58. The second kappa shape index (κ2) is 7.47. The first kappa shape index (κ1) is 18.8. The van der Waals surface area contributed by atoms with Crippen molar-refractivity contribution in [2.24, 2.45) is 23.5 Å². The molecular formula is C15H29FN8OS. The number of halogens is 1. The van der Waals surface area contributed by atoms with Crippen LogP contribution in [0, 0.1) is 17.8 Å². The van der Waals surface area contributed by atoms with Crippen molar-refractivity contribution in [2.75, 3.05) is 33.2 Å². The molecule has 26 heavy (non-hydrogen) atoms. The van der Waals surface area contributed by atoms with Gasteiger partial charge < -0.3 is 11.1 Å². The molecule has 9 nitrogen and oxygen atoms in total. The van der Waals surface area contributed by atoms with Crippen LogP contribution in [-0.4, -0.2) is 79.1 Å². The van der Waals surface area contributed by atoms with Gasteiger partial charge in [-0.3, -0.25) is 20.3 Å².